The number of hydrogen-bond acceptors (Lipinski definition) is 6. The van der Waals surface area contributed by atoms with Crippen LogP contribution in [0.25, 0.3) is 0 Å². The fourth-order valence-corrected chi connectivity index (χ4v) is 6.17. The number of carbonyl (C=O) groups excluding carboxylic acids is 2. The zero-order valence-electron chi connectivity index (χ0n) is 14.3. The Labute approximate surface area is 152 Å². The van der Waals surface area contributed by atoms with E-state index in [0.29, 0.717) is 11.3 Å². The molecule has 1 saturated carbocycles. The highest BCUT2D eigenvalue weighted by Gasteiger charge is 2.39. The smallest absolute Gasteiger partial charge is 0.348 e. The second-order valence-electron chi connectivity index (χ2n) is 6.78. The van der Waals surface area contributed by atoms with E-state index in [1.165, 1.54) is 11.3 Å². The molecule has 1 aliphatic heterocycles. The molecule has 0 radical (unpaired) electrons. The molecule has 1 aromatic rings. The zero-order chi connectivity index (χ0) is 18.0. The first-order chi connectivity index (χ1) is 11.9. The van der Waals surface area contributed by atoms with Crippen molar-refractivity contribution in [1.29, 1.82) is 0 Å². The third-order valence-corrected chi connectivity index (χ3v) is 7.61. The maximum absolute atomic E-state index is 12.7. The molecule has 2 aliphatic rings. The van der Waals surface area contributed by atoms with Crippen LogP contribution in [0.3, 0.4) is 0 Å². The molecule has 6 nitrogen and oxygen atoms in total. The molecule has 1 aliphatic carbocycles. The van der Waals surface area contributed by atoms with Crippen LogP contribution in [0.4, 0.5) is 0 Å². The highest BCUT2D eigenvalue weighted by Crippen LogP contribution is 2.29. The lowest BCUT2D eigenvalue weighted by Gasteiger charge is -2.33. The molecule has 0 N–H and O–H groups in total. The minimum atomic E-state index is -3.08. The van der Waals surface area contributed by atoms with Crippen molar-refractivity contribution < 1.29 is 22.7 Å². The molecule has 1 aromatic heterocycles. The molecule has 0 spiro atoms. The fourth-order valence-electron chi connectivity index (χ4n) is 3.70. The van der Waals surface area contributed by atoms with Crippen LogP contribution < -0.4 is 0 Å². The number of esters is 1. The van der Waals surface area contributed by atoms with E-state index in [1.54, 1.807) is 11.0 Å². The standard InChI is InChI=1S/C17H23NO5S2/c1-12-6-7-15(24-12)17(20)23-10-16(19)18(13-4-2-3-5-13)14-8-9-25(21,22)11-14/h6-7,13-14H,2-5,8-11H2,1H3/t14-/m1/s1. The van der Waals surface area contributed by atoms with Crippen molar-refractivity contribution in [2.45, 2.75) is 51.1 Å². The van der Waals surface area contributed by atoms with Gasteiger partial charge in [-0.3, -0.25) is 4.79 Å². The first kappa shape index (κ1) is 18.4. The number of thiophene rings is 1. The van der Waals surface area contributed by atoms with Gasteiger partial charge in [0.05, 0.1) is 11.5 Å². The molecular weight excluding hydrogens is 362 g/mol. The van der Waals surface area contributed by atoms with E-state index in [9.17, 15) is 18.0 Å². The third kappa shape index (κ3) is 4.41. The second-order valence-corrected chi connectivity index (χ2v) is 10.3. The molecular formula is C17H23NO5S2. The van der Waals surface area contributed by atoms with Crippen LogP contribution in [-0.4, -0.2) is 55.4 Å². The molecule has 2 heterocycles. The average molecular weight is 386 g/mol. The van der Waals surface area contributed by atoms with Crippen LogP contribution in [-0.2, 0) is 19.4 Å². The Balaban J connectivity index is 1.65. The second kappa shape index (κ2) is 7.45. The van der Waals surface area contributed by atoms with E-state index in [0.717, 1.165) is 30.6 Å². The van der Waals surface area contributed by atoms with Gasteiger partial charge in [-0.2, -0.15) is 0 Å². The Bertz CT molecular complexity index is 749. The number of carbonyl (C=O) groups is 2. The quantitative estimate of drug-likeness (QED) is 0.726. The minimum Gasteiger partial charge on any atom is -0.451 e. The monoisotopic (exact) mass is 385 g/mol. The van der Waals surface area contributed by atoms with Crippen molar-refractivity contribution in [2.75, 3.05) is 18.1 Å². The normalized spacial score (nSPS) is 22.8. The summed E-state index contributed by atoms with van der Waals surface area (Å²) in [5, 5.41) is 0. The van der Waals surface area contributed by atoms with Crippen LogP contribution in [0.15, 0.2) is 12.1 Å². The molecule has 0 aromatic carbocycles. The summed E-state index contributed by atoms with van der Waals surface area (Å²) in [6.07, 6.45) is 4.34. The fraction of sp³-hybridized carbons (Fsp3) is 0.647. The Morgan fingerprint density at radius 3 is 2.48 bits per heavy atom. The van der Waals surface area contributed by atoms with E-state index in [4.69, 9.17) is 4.74 Å². The van der Waals surface area contributed by atoms with Gasteiger partial charge in [0.2, 0.25) is 0 Å². The van der Waals surface area contributed by atoms with Crippen molar-refractivity contribution in [3.8, 4) is 0 Å². The Kier molecular flexibility index (Phi) is 5.48. The van der Waals surface area contributed by atoms with Gasteiger partial charge in [-0.15, -0.1) is 11.3 Å². The Morgan fingerprint density at radius 2 is 1.92 bits per heavy atom. The topological polar surface area (TPSA) is 80.8 Å². The van der Waals surface area contributed by atoms with Gasteiger partial charge >= 0.3 is 5.97 Å². The van der Waals surface area contributed by atoms with E-state index in [2.05, 4.69) is 0 Å². The lowest BCUT2D eigenvalue weighted by molar-refractivity contribution is -0.139. The highest BCUT2D eigenvalue weighted by atomic mass is 32.2. The number of rotatable bonds is 5. The van der Waals surface area contributed by atoms with Crippen LogP contribution in [0.1, 0.15) is 46.7 Å². The van der Waals surface area contributed by atoms with Crippen LogP contribution in [0, 0.1) is 6.92 Å². The molecule has 0 bridgehead atoms. The predicted octanol–water partition coefficient (Wildman–Crippen LogP) is 2.17. The SMILES string of the molecule is Cc1ccc(C(=O)OCC(=O)N(C2CCCC2)[C@@H]2CCS(=O)(=O)C2)s1. The summed E-state index contributed by atoms with van der Waals surface area (Å²) in [6, 6.07) is 3.29. The molecule has 138 valence electrons. The molecule has 25 heavy (non-hydrogen) atoms. The largest absolute Gasteiger partial charge is 0.451 e. The number of aryl methyl sites for hydroxylation is 1. The molecule has 2 fully saturated rings. The summed E-state index contributed by atoms with van der Waals surface area (Å²) in [5.74, 6) is -0.636. The first-order valence-electron chi connectivity index (χ1n) is 8.61. The summed E-state index contributed by atoms with van der Waals surface area (Å²) < 4.78 is 28.8. The molecule has 1 atom stereocenters. The summed E-state index contributed by atoms with van der Waals surface area (Å²) in [5.41, 5.74) is 0. The van der Waals surface area contributed by atoms with Gasteiger partial charge in [-0.25, -0.2) is 13.2 Å². The zero-order valence-corrected chi connectivity index (χ0v) is 15.9. The van der Waals surface area contributed by atoms with E-state index >= 15 is 0 Å². The maximum atomic E-state index is 12.7. The number of sulfone groups is 1. The molecule has 0 unspecified atom stereocenters. The van der Waals surface area contributed by atoms with Crippen molar-refractivity contribution in [3.05, 3.63) is 21.9 Å². The van der Waals surface area contributed by atoms with Crippen molar-refractivity contribution in [2.24, 2.45) is 0 Å². The Hall–Kier alpha value is -1.41. The first-order valence-corrected chi connectivity index (χ1v) is 11.2. The van der Waals surface area contributed by atoms with Crippen LogP contribution in [0.5, 0.6) is 0 Å². The number of hydrogen-bond donors (Lipinski definition) is 0. The molecule has 1 saturated heterocycles. The van der Waals surface area contributed by atoms with Gasteiger partial charge in [-0.1, -0.05) is 12.8 Å². The third-order valence-electron chi connectivity index (χ3n) is 4.88. The molecule has 8 heteroatoms. The summed E-state index contributed by atoms with van der Waals surface area (Å²) >= 11 is 1.33. The van der Waals surface area contributed by atoms with Gasteiger partial charge in [0.1, 0.15) is 4.88 Å². The van der Waals surface area contributed by atoms with Gasteiger partial charge in [-0.05, 0) is 38.3 Å². The maximum Gasteiger partial charge on any atom is 0.348 e. The van der Waals surface area contributed by atoms with Crippen molar-refractivity contribution in [1.82, 2.24) is 4.90 Å². The number of ether oxygens (including phenoxy) is 1. The molecule has 3 rings (SSSR count). The Morgan fingerprint density at radius 1 is 1.20 bits per heavy atom. The van der Waals surface area contributed by atoms with Crippen LogP contribution >= 0.6 is 11.3 Å². The van der Waals surface area contributed by atoms with Gasteiger partial charge in [0.25, 0.3) is 5.91 Å². The minimum absolute atomic E-state index is 0.0211. The van der Waals surface area contributed by atoms with Crippen molar-refractivity contribution >= 4 is 33.1 Å². The van der Waals surface area contributed by atoms with Gasteiger partial charge in [0, 0.05) is 17.0 Å². The van der Waals surface area contributed by atoms with Crippen molar-refractivity contribution in [3.63, 3.8) is 0 Å². The summed E-state index contributed by atoms with van der Waals surface area (Å²) in [4.78, 5) is 28.0. The lowest BCUT2D eigenvalue weighted by atomic mass is 10.1. The number of nitrogens with zero attached hydrogens (tertiary/aromatic N) is 1. The number of amides is 1. The van der Waals surface area contributed by atoms with Crippen LogP contribution in [0.2, 0.25) is 0 Å². The van der Waals surface area contributed by atoms with E-state index in [-0.39, 0.29) is 36.1 Å². The van der Waals surface area contributed by atoms with Gasteiger partial charge < -0.3 is 9.64 Å². The molecule has 1 amide bonds. The predicted molar refractivity (Wildman–Crippen MR) is 95.5 cm³/mol. The lowest BCUT2D eigenvalue weighted by Crippen LogP contribution is -2.48. The van der Waals surface area contributed by atoms with Gasteiger partial charge in [0.15, 0.2) is 16.4 Å². The average Bonchev–Trinajstić information content (AvgIpc) is 3.27. The summed E-state index contributed by atoms with van der Waals surface area (Å²) in [6.45, 7) is 1.57. The highest BCUT2D eigenvalue weighted by molar-refractivity contribution is 7.91. The van der Waals surface area contributed by atoms with E-state index in [1.807, 2.05) is 13.0 Å². The van der Waals surface area contributed by atoms with E-state index < -0.39 is 15.8 Å². The summed E-state index contributed by atoms with van der Waals surface area (Å²) in [7, 11) is -3.08.